The van der Waals surface area contributed by atoms with Gasteiger partial charge in [-0.2, -0.15) is 5.26 Å². The maximum atomic E-state index is 13.1. The molecule has 0 fully saturated rings. The van der Waals surface area contributed by atoms with E-state index in [-0.39, 0.29) is 17.7 Å². The molecule has 1 aromatic rings. The van der Waals surface area contributed by atoms with Gasteiger partial charge >= 0.3 is 5.97 Å². The van der Waals surface area contributed by atoms with Gasteiger partial charge in [0.2, 0.25) is 0 Å². The topological polar surface area (TPSA) is 50.1 Å². The average Bonchev–Trinajstić information content (AvgIpc) is 2.21. The first-order chi connectivity index (χ1) is 7.10. The second-order valence-corrected chi connectivity index (χ2v) is 2.98. The number of carbonyl (C=O) groups is 1. The summed E-state index contributed by atoms with van der Waals surface area (Å²) in [5.74, 6) is -1.10. The minimum Gasteiger partial charge on any atom is -0.462 e. The van der Waals surface area contributed by atoms with E-state index in [1.807, 2.05) is 0 Å². The fourth-order valence-electron chi connectivity index (χ4n) is 1.15. The van der Waals surface area contributed by atoms with Crippen molar-refractivity contribution < 1.29 is 13.9 Å². The first kappa shape index (κ1) is 11.2. The third-order valence-electron chi connectivity index (χ3n) is 1.91. The summed E-state index contributed by atoms with van der Waals surface area (Å²) < 4.78 is 17.8. The van der Waals surface area contributed by atoms with Crippen molar-refractivity contribution in [1.82, 2.24) is 0 Å². The Morgan fingerprint density at radius 2 is 2.27 bits per heavy atom. The second kappa shape index (κ2) is 4.56. The maximum absolute atomic E-state index is 13.1. The average molecular weight is 207 g/mol. The molecule has 4 heteroatoms. The smallest absolute Gasteiger partial charge is 0.339 e. The predicted molar refractivity (Wildman–Crippen MR) is 51.8 cm³/mol. The Labute approximate surface area is 87.1 Å². The molecule has 0 bridgehead atoms. The molecule has 0 atom stereocenters. The number of ether oxygens (including phenoxy) is 1. The van der Waals surface area contributed by atoms with Gasteiger partial charge in [0.25, 0.3) is 0 Å². The molecule has 0 amide bonds. The summed E-state index contributed by atoms with van der Waals surface area (Å²) in [7, 11) is 0. The molecule has 3 nitrogen and oxygen atoms in total. The van der Waals surface area contributed by atoms with E-state index >= 15 is 0 Å². The number of nitrogens with zero attached hydrogens (tertiary/aromatic N) is 1. The van der Waals surface area contributed by atoms with E-state index < -0.39 is 11.8 Å². The Bertz CT molecular complexity index is 435. The van der Waals surface area contributed by atoms with Gasteiger partial charge in [0.05, 0.1) is 17.7 Å². The highest BCUT2D eigenvalue weighted by Gasteiger charge is 2.14. The molecule has 0 N–H and O–H groups in total. The normalized spacial score (nSPS) is 9.47. The molecular formula is C11H10FNO2. The fraction of sp³-hybridized carbons (Fsp3) is 0.273. The van der Waals surface area contributed by atoms with Gasteiger partial charge in [-0.25, -0.2) is 9.18 Å². The number of esters is 1. The second-order valence-electron chi connectivity index (χ2n) is 2.98. The zero-order valence-corrected chi connectivity index (χ0v) is 8.50. The van der Waals surface area contributed by atoms with Crippen LogP contribution in [0.1, 0.15) is 28.4 Å². The van der Waals surface area contributed by atoms with Crippen LogP contribution >= 0.6 is 0 Å². The van der Waals surface area contributed by atoms with Crippen molar-refractivity contribution in [2.75, 3.05) is 6.61 Å². The van der Waals surface area contributed by atoms with Crippen molar-refractivity contribution in [1.29, 1.82) is 5.26 Å². The van der Waals surface area contributed by atoms with Gasteiger partial charge in [-0.05, 0) is 31.5 Å². The van der Waals surface area contributed by atoms with E-state index in [0.717, 1.165) is 6.07 Å². The SMILES string of the molecule is CCOC(=O)c1cc(C)c(F)cc1C#N. The fourth-order valence-corrected chi connectivity index (χ4v) is 1.15. The summed E-state index contributed by atoms with van der Waals surface area (Å²) >= 11 is 0. The summed E-state index contributed by atoms with van der Waals surface area (Å²) in [6.45, 7) is 3.42. The highest BCUT2D eigenvalue weighted by Crippen LogP contribution is 2.15. The van der Waals surface area contributed by atoms with Crippen molar-refractivity contribution in [2.24, 2.45) is 0 Å². The van der Waals surface area contributed by atoms with Crippen LogP contribution in [0.15, 0.2) is 12.1 Å². The van der Waals surface area contributed by atoms with Crippen molar-refractivity contribution in [2.45, 2.75) is 13.8 Å². The van der Waals surface area contributed by atoms with Gasteiger partial charge in [-0.3, -0.25) is 0 Å². The number of hydrogen-bond acceptors (Lipinski definition) is 3. The monoisotopic (exact) mass is 207 g/mol. The molecule has 0 radical (unpaired) electrons. The van der Waals surface area contributed by atoms with Gasteiger partial charge in [0.1, 0.15) is 11.9 Å². The lowest BCUT2D eigenvalue weighted by atomic mass is 10.1. The summed E-state index contributed by atoms with van der Waals surface area (Å²) in [5, 5.41) is 8.73. The highest BCUT2D eigenvalue weighted by atomic mass is 19.1. The van der Waals surface area contributed by atoms with Crippen LogP contribution in [0.4, 0.5) is 4.39 Å². The molecule has 0 aliphatic carbocycles. The molecule has 0 spiro atoms. The Kier molecular flexibility index (Phi) is 3.40. The van der Waals surface area contributed by atoms with Crippen LogP contribution in [0.25, 0.3) is 0 Å². The van der Waals surface area contributed by atoms with Gasteiger partial charge in [-0.15, -0.1) is 0 Å². The highest BCUT2D eigenvalue weighted by molar-refractivity contribution is 5.92. The van der Waals surface area contributed by atoms with Gasteiger partial charge < -0.3 is 4.74 Å². The summed E-state index contributed by atoms with van der Waals surface area (Å²) in [5.41, 5.74) is 0.423. The minimum absolute atomic E-state index is 0.00319. The van der Waals surface area contributed by atoms with Crippen molar-refractivity contribution in [3.05, 3.63) is 34.6 Å². The van der Waals surface area contributed by atoms with Gasteiger partial charge in [0, 0.05) is 0 Å². The zero-order valence-electron chi connectivity index (χ0n) is 8.50. The first-order valence-electron chi connectivity index (χ1n) is 4.47. The quantitative estimate of drug-likeness (QED) is 0.698. The Morgan fingerprint density at radius 1 is 1.60 bits per heavy atom. The minimum atomic E-state index is -0.600. The van der Waals surface area contributed by atoms with E-state index in [9.17, 15) is 9.18 Å². The Balaban J connectivity index is 3.23. The predicted octanol–water partition coefficient (Wildman–Crippen LogP) is 2.18. The lowest BCUT2D eigenvalue weighted by Gasteiger charge is -2.05. The number of carbonyl (C=O) groups excluding carboxylic acids is 1. The summed E-state index contributed by atoms with van der Waals surface area (Å²) in [6, 6.07) is 4.13. The largest absolute Gasteiger partial charge is 0.462 e. The molecule has 1 rings (SSSR count). The van der Waals surface area contributed by atoms with Gasteiger partial charge in [0.15, 0.2) is 0 Å². The molecule has 0 unspecified atom stereocenters. The first-order valence-corrected chi connectivity index (χ1v) is 4.47. The van der Waals surface area contributed by atoms with Crippen LogP contribution in [0.2, 0.25) is 0 Å². The molecule has 1 aromatic carbocycles. The van der Waals surface area contributed by atoms with Crippen LogP contribution in [0.5, 0.6) is 0 Å². The summed E-state index contributed by atoms with van der Waals surface area (Å²) in [4.78, 5) is 11.4. The van der Waals surface area contributed by atoms with Crippen LogP contribution in [0.3, 0.4) is 0 Å². The zero-order chi connectivity index (χ0) is 11.4. The van der Waals surface area contributed by atoms with E-state index in [2.05, 4.69) is 0 Å². The van der Waals surface area contributed by atoms with E-state index in [1.165, 1.54) is 13.0 Å². The summed E-state index contributed by atoms with van der Waals surface area (Å²) in [6.07, 6.45) is 0. The third-order valence-corrected chi connectivity index (χ3v) is 1.91. The van der Waals surface area contributed by atoms with Crippen molar-refractivity contribution in [3.63, 3.8) is 0 Å². The van der Waals surface area contributed by atoms with Crippen molar-refractivity contribution >= 4 is 5.97 Å². The number of benzene rings is 1. The maximum Gasteiger partial charge on any atom is 0.339 e. The molecular weight excluding hydrogens is 197 g/mol. The molecule has 0 saturated carbocycles. The number of rotatable bonds is 2. The molecule has 15 heavy (non-hydrogen) atoms. The third kappa shape index (κ3) is 2.32. The van der Waals surface area contributed by atoms with Gasteiger partial charge in [-0.1, -0.05) is 0 Å². The van der Waals surface area contributed by atoms with Crippen LogP contribution < -0.4 is 0 Å². The van der Waals surface area contributed by atoms with E-state index in [4.69, 9.17) is 10.00 Å². The number of aryl methyl sites for hydroxylation is 1. The number of halogens is 1. The molecule has 0 saturated heterocycles. The standard InChI is InChI=1S/C11H10FNO2/c1-3-15-11(14)9-4-7(2)10(12)5-8(9)6-13/h4-5H,3H2,1-2H3. The molecule has 78 valence electrons. The van der Waals surface area contributed by atoms with Crippen LogP contribution in [0, 0.1) is 24.1 Å². The van der Waals surface area contributed by atoms with Crippen molar-refractivity contribution in [3.8, 4) is 6.07 Å². The Morgan fingerprint density at radius 3 is 2.80 bits per heavy atom. The van der Waals surface area contributed by atoms with Crippen LogP contribution in [-0.2, 0) is 4.74 Å². The lowest BCUT2D eigenvalue weighted by Crippen LogP contribution is -2.08. The molecule has 0 aliphatic heterocycles. The molecule has 0 aromatic heterocycles. The van der Waals surface area contributed by atoms with E-state index in [1.54, 1.807) is 13.0 Å². The van der Waals surface area contributed by atoms with Crippen LogP contribution in [-0.4, -0.2) is 12.6 Å². The van der Waals surface area contributed by atoms with E-state index in [0.29, 0.717) is 5.56 Å². The lowest BCUT2D eigenvalue weighted by molar-refractivity contribution is 0.0526. The molecule has 0 aliphatic rings. The number of nitriles is 1. The Hall–Kier alpha value is -1.89. The number of hydrogen-bond donors (Lipinski definition) is 0. The molecule has 0 heterocycles.